The average Bonchev–Trinajstić information content (AvgIpc) is 3.77. The fourth-order valence-electron chi connectivity index (χ4n) is 6.69. The van der Waals surface area contributed by atoms with Crippen LogP contribution in [0, 0.1) is 11.6 Å². The SMILES string of the molecule is CC.CN=CC(=NC)Nc1nc(-c2ccccn2)nc(N2CCc3ccccc3C2)c1F.COCC1CCCN1c1nc(-c2ccccn2)nc(Nc2cnccn2)c1F. The van der Waals surface area contributed by atoms with Crippen molar-refractivity contribution in [3.63, 3.8) is 0 Å². The van der Waals surface area contributed by atoms with Crippen LogP contribution >= 0.6 is 0 Å². The Morgan fingerprint density at radius 2 is 1.47 bits per heavy atom. The van der Waals surface area contributed by atoms with Gasteiger partial charge in [-0.05, 0) is 54.7 Å². The van der Waals surface area contributed by atoms with Crippen LogP contribution in [0.2, 0.25) is 0 Å². The maximum Gasteiger partial charge on any atom is 0.208 e. The van der Waals surface area contributed by atoms with E-state index in [1.807, 2.05) is 60.0 Å². The number of aliphatic imine (C=N–C) groups is 2. The van der Waals surface area contributed by atoms with E-state index in [1.165, 1.54) is 29.7 Å². The molecule has 5 aromatic heterocycles. The molecule has 1 saturated heterocycles. The summed E-state index contributed by atoms with van der Waals surface area (Å²) in [5.41, 5.74) is 3.59. The molecule has 2 aliphatic heterocycles. The number of hydrogen-bond acceptors (Lipinski definition) is 14. The minimum atomic E-state index is -0.534. The minimum Gasteiger partial charge on any atom is -0.383 e. The van der Waals surface area contributed by atoms with Crippen molar-refractivity contribution in [2.24, 2.45) is 9.98 Å². The number of nitrogens with one attached hydrogen (secondary N) is 2. The predicted molar refractivity (Wildman–Crippen MR) is 232 cm³/mol. The Balaban J connectivity index is 0.000000194. The maximum atomic E-state index is 15.5. The Morgan fingerprint density at radius 1 is 0.800 bits per heavy atom. The van der Waals surface area contributed by atoms with Crippen molar-refractivity contribution in [1.29, 1.82) is 0 Å². The number of hydrogen-bond donors (Lipinski definition) is 2. The van der Waals surface area contributed by atoms with Crippen LogP contribution in [0.1, 0.15) is 37.8 Å². The lowest BCUT2D eigenvalue weighted by Gasteiger charge is -2.30. The normalized spacial score (nSPS) is 14.8. The number of methoxy groups -OCH3 is 1. The molecule has 2 aliphatic rings. The first-order valence-electron chi connectivity index (χ1n) is 19.7. The first-order valence-corrected chi connectivity index (χ1v) is 19.7. The van der Waals surface area contributed by atoms with E-state index in [9.17, 15) is 0 Å². The highest BCUT2D eigenvalue weighted by Crippen LogP contribution is 2.33. The Hall–Kier alpha value is -6.88. The summed E-state index contributed by atoms with van der Waals surface area (Å²) in [5.74, 6) is 0.976. The molecule has 1 atom stereocenters. The monoisotopic (exact) mass is 814 g/mol. The molecular formula is C43H48F2N14O. The zero-order chi connectivity index (χ0) is 42.3. The number of benzene rings is 1. The molecule has 60 heavy (non-hydrogen) atoms. The molecule has 7 heterocycles. The van der Waals surface area contributed by atoms with Crippen molar-refractivity contribution in [3.8, 4) is 23.0 Å². The lowest BCUT2D eigenvalue weighted by atomic mass is 10.00. The molecule has 1 aromatic carbocycles. The Morgan fingerprint density at radius 3 is 2.10 bits per heavy atom. The van der Waals surface area contributed by atoms with Gasteiger partial charge in [-0.2, -0.15) is 8.78 Å². The number of fused-ring (bicyclic) bond motifs is 1. The fourth-order valence-corrected chi connectivity index (χ4v) is 6.69. The molecular weight excluding hydrogens is 767 g/mol. The fraction of sp³-hybridized carbons (Fsp3) is 0.302. The Labute approximate surface area is 348 Å². The van der Waals surface area contributed by atoms with Crippen LogP contribution < -0.4 is 20.4 Å². The second-order valence-electron chi connectivity index (χ2n) is 13.2. The minimum absolute atomic E-state index is 0.0363. The standard InChI is InChI=1S/C22H22FN7.C19H20FN7O.C2H6/c1-24-13-18(25-2)27-21-19(23)22(29-20(28-21)17-9-5-6-11-26-17)30-12-10-15-7-3-4-8-16(15)14-30;1-28-12-13-5-4-10-27(13)19-16(20)18(24-15-11-21-8-9-23-15)25-17(26-19)14-6-2-3-7-22-14;1-2/h3-9,11,13H,10,12,14H2,1-2H3,(H,25,27,28,29);2-3,6-9,11,13H,4-5,10,12H2,1H3,(H,23,24,25,26);1-2H3. The first-order chi connectivity index (χ1) is 29.4. The van der Waals surface area contributed by atoms with E-state index in [0.717, 1.165) is 19.3 Å². The molecule has 0 spiro atoms. The van der Waals surface area contributed by atoms with E-state index in [1.54, 1.807) is 51.9 Å². The third-order valence-electron chi connectivity index (χ3n) is 9.44. The molecule has 0 amide bonds. The molecule has 0 saturated carbocycles. The van der Waals surface area contributed by atoms with Gasteiger partial charge in [0.25, 0.3) is 0 Å². The van der Waals surface area contributed by atoms with Crippen LogP contribution in [-0.2, 0) is 17.7 Å². The second-order valence-corrected chi connectivity index (χ2v) is 13.2. The number of nitrogens with zero attached hydrogens (tertiary/aromatic N) is 12. The molecule has 17 heteroatoms. The number of ether oxygens (including phenoxy) is 1. The number of amidine groups is 1. The van der Waals surface area contributed by atoms with E-state index in [-0.39, 0.29) is 29.3 Å². The highest BCUT2D eigenvalue weighted by molar-refractivity contribution is 6.34. The summed E-state index contributed by atoms with van der Waals surface area (Å²) in [5, 5.41) is 5.83. The molecule has 310 valence electrons. The summed E-state index contributed by atoms with van der Waals surface area (Å²) >= 11 is 0. The first kappa shape index (κ1) is 42.7. The Bertz CT molecular complexity index is 2350. The van der Waals surface area contributed by atoms with E-state index in [0.29, 0.717) is 60.9 Å². The van der Waals surface area contributed by atoms with Crippen LogP contribution in [0.25, 0.3) is 23.0 Å². The molecule has 1 unspecified atom stereocenters. The number of pyridine rings is 2. The van der Waals surface area contributed by atoms with E-state index in [4.69, 9.17) is 4.74 Å². The summed E-state index contributed by atoms with van der Waals surface area (Å²) in [6.07, 6.45) is 12.1. The van der Waals surface area contributed by atoms with Crippen molar-refractivity contribution >= 4 is 41.1 Å². The molecule has 0 radical (unpaired) electrons. The third-order valence-corrected chi connectivity index (χ3v) is 9.44. The lowest BCUT2D eigenvalue weighted by molar-refractivity contribution is 0.180. The number of halogens is 2. The lowest BCUT2D eigenvalue weighted by Crippen LogP contribution is -2.34. The molecule has 8 rings (SSSR count). The van der Waals surface area contributed by atoms with Crippen molar-refractivity contribution in [2.45, 2.75) is 45.7 Å². The molecule has 15 nitrogen and oxygen atoms in total. The smallest absolute Gasteiger partial charge is 0.208 e. The van der Waals surface area contributed by atoms with E-state index in [2.05, 4.69) is 72.6 Å². The van der Waals surface area contributed by atoms with E-state index >= 15 is 8.78 Å². The van der Waals surface area contributed by atoms with Gasteiger partial charge in [-0.25, -0.2) is 24.9 Å². The van der Waals surface area contributed by atoms with Crippen LogP contribution in [0.15, 0.2) is 102 Å². The summed E-state index contributed by atoms with van der Waals surface area (Å²) in [6, 6.07) is 19.2. The van der Waals surface area contributed by atoms with Gasteiger partial charge in [-0.15, -0.1) is 0 Å². The number of rotatable bonds is 10. The quantitative estimate of drug-likeness (QED) is 0.105. The molecule has 0 aliphatic carbocycles. The van der Waals surface area contributed by atoms with Gasteiger partial charge in [0.15, 0.2) is 34.9 Å². The Kier molecular flexibility index (Phi) is 15.1. The van der Waals surface area contributed by atoms with Crippen molar-refractivity contribution in [2.75, 3.05) is 61.3 Å². The van der Waals surface area contributed by atoms with Gasteiger partial charge >= 0.3 is 0 Å². The van der Waals surface area contributed by atoms with Gasteiger partial charge in [0.2, 0.25) is 11.6 Å². The van der Waals surface area contributed by atoms with Crippen LogP contribution in [-0.4, -0.2) is 98.9 Å². The zero-order valence-electron chi connectivity index (χ0n) is 34.3. The van der Waals surface area contributed by atoms with Gasteiger partial charge in [-0.1, -0.05) is 50.2 Å². The number of aromatic nitrogens is 8. The van der Waals surface area contributed by atoms with Gasteiger partial charge in [0.05, 0.1) is 25.1 Å². The zero-order valence-corrected chi connectivity index (χ0v) is 34.3. The highest BCUT2D eigenvalue weighted by Gasteiger charge is 2.31. The predicted octanol–water partition coefficient (Wildman–Crippen LogP) is 7.23. The van der Waals surface area contributed by atoms with Crippen LogP contribution in [0.5, 0.6) is 0 Å². The third kappa shape index (κ3) is 10.4. The van der Waals surface area contributed by atoms with Crippen molar-refractivity contribution < 1.29 is 13.5 Å². The molecule has 0 bridgehead atoms. The molecule has 1 fully saturated rings. The van der Waals surface area contributed by atoms with E-state index < -0.39 is 11.6 Å². The summed E-state index contributed by atoms with van der Waals surface area (Å²) in [4.78, 5) is 46.5. The number of anilines is 5. The van der Waals surface area contributed by atoms with Crippen LogP contribution in [0.3, 0.4) is 0 Å². The largest absolute Gasteiger partial charge is 0.383 e. The van der Waals surface area contributed by atoms with Crippen molar-refractivity contribution in [3.05, 3.63) is 114 Å². The van der Waals surface area contributed by atoms with Gasteiger partial charge < -0.3 is 25.2 Å². The van der Waals surface area contributed by atoms with Gasteiger partial charge in [0, 0.05) is 65.6 Å². The van der Waals surface area contributed by atoms with Crippen LogP contribution in [0.4, 0.5) is 37.9 Å². The van der Waals surface area contributed by atoms with Gasteiger partial charge in [-0.3, -0.25) is 24.9 Å². The molecule has 2 N–H and O–H groups in total. The average molecular weight is 815 g/mol. The van der Waals surface area contributed by atoms with Gasteiger partial charge in [0.1, 0.15) is 23.0 Å². The van der Waals surface area contributed by atoms with Crippen molar-refractivity contribution in [1.82, 2.24) is 39.9 Å². The summed E-state index contributed by atoms with van der Waals surface area (Å²) in [7, 11) is 4.87. The maximum absolute atomic E-state index is 15.5. The summed E-state index contributed by atoms with van der Waals surface area (Å²) in [6.45, 7) is 6.46. The molecule has 6 aromatic rings. The highest BCUT2D eigenvalue weighted by atomic mass is 19.1. The summed E-state index contributed by atoms with van der Waals surface area (Å²) < 4.78 is 36.2. The topological polar surface area (TPSA) is 168 Å². The second kappa shape index (κ2) is 21.2.